The van der Waals surface area contributed by atoms with E-state index in [1.54, 1.807) is 12.3 Å². The molecule has 18 heavy (non-hydrogen) atoms. The molecule has 0 aliphatic rings. The van der Waals surface area contributed by atoms with Gasteiger partial charge in [-0.25, -0.2) is 10.8 Å². The van der Waals surface area contributed by atoms with Gasteiger partial charge >= 0.3 is 0 Å². The molecule has 1 amide bonds. The van der Waals surface area contributed by atoms with E-state index in [4.69, 9.17) is 5.84 Å². The standard InChI is InChI=1S/C12H21N5O/c1-9(2)7-15-12(18)8-17(3)10-4-5-14-11(6-10)16-13/h4-6,9H,7-8,13H2,1-3H3,(H,14,16)(H,15,18). The minimum atomic E-state index is 0.00488. The zero-order valence-electron chi connectivity index (χ0n) is 11.1. The molecular weight excluding hydrogens is 230 g/mol. The highest BCUT2D eigenvalue weighted by molar-refractivity contribution is 5.81. The second kappa shape index (κ2) is 6.80. The number of aromatic nitrogens is 1. The molecule has 6 nitrogen and oxygen atoms in total. The molecule has 100 valence electrons. The van der Waals surface area contributed by atoms with E-state index in [-0.39, 0.29) is 5.91 Å². The Morgan fingerprint density at radius 3 is 2.89 bits per heavy atom. The summed E-state index contributed by atoms with van der Waals surface area (Å²) >= 11 is 0. The Morgan fingerprint density at radius 1 is 1.56 bits per heavy atom. The van der Waals surface area contributed by atoms with Crippen LogP contribution in [0.25, 0.3) is 0 Å². The molecule has 0 radical (unpaired) electrons. The van der Waals surface area contributed by atoms with Crippen LogP contribution in [0.2, 0.25) is 0 Å². The number of hydrogen-bond donors (Lipinski definition) is 3. The van der Waals surface area contributed by atoms with Crippen LogP contribution in [-0.2, 0) is 4.79 Å². The summed E-state index contributed by atoms with van der Waals surface area (Å²) in [6.45, 7) is 5.12. The number of hydrogen-bond acceptors (Lipinski definition) is 5. The Labute approximate surface area is 108 Å². The number of carbonyl (C=O) groups excluding carboxylic acids is 1. The molecule has 1 aromatic rings. The van der Waals surface area contributed by atoms with Crippen molar-refractivity contribution in [1.29, 1.82) is 0 Å². The van der Waals surface area contributed by atoms with Crippen molar-refractivity contribution < 1.29 is 4.79 Å². The average molecular weight is 251 g/mol. The molecule has 0 aromatic carbocycles. The number of anilines is 2. The first-order chi connectivity index (χ1) is 8.52. The van der Waals surface area contributed by atoms with Gasteiger partial charge in [0.25, 0.3) is 0 Å². The van der Waals surface area contributed by atoms with Crippen molar-refractivity contribution in [2.45, 2.75) is 13.8 Å². The fourth-order valence-corrected chi connectivity index (χ4v) is 1.42. The van der Waals surface area contributed by atoms with Gasteiger partial charge in [-0.2, -0.15) is 0 Å². The molecule has 0 fully saturated rings. The predicted octanol–water partition coefficient (Wildman–Crippen LogP) is 0.576. The van der Waals surface area contributed by atoms with Gasteiger partial charge in [0.05, 0.1) is 6.54 Å². The highest BCUT2D eigenvalue weighted by Gasteiger charge is 2.08. The quantitative estimate of drug-likeness (QED) is 0.509. The zero-order chi connectivity index (χ0) is 13.5. The molecule has 4 N–H and O–H groups in total. The van der Waals surface area contributed by atoms with Crippen molar-refractivity contribution in [3.05, 3.63) is 18.3 Å². The Bertz CT molecular complexity index is 394. The molecule has 0 spiro atoms. The third kappa shape index (κ3) is 4.58. The number of amides is 1. The summed E-state index contributed by atoms with van der Waals surface area (Å²) in [4.78, 5) is 17.5. The summed E-state index contributed by atoms with van der Waals surface area (Å²) in [6, 6.07) is 3.62. The molecule has 0 aliphatic carbocycles. The minimum absolute atomic E-state index is 0.00488. The van der Waals surface area contributed by atoms with Gasteiger partial charge in [-0.05, 0) is 12.0 Å². The molecular formula is C12H21N5O. The molecule has 1 heterocycles. The number of pyridine rings is 1. The normalized spacial score (nSPS) is 10.3. The Morgan fingerprint density at radius 2 is 2.28 bits per heavy atom. The van der Waals surface area contributed by atoms with Gasteiger partial charge in [0.15, 0.2) is 0 Å². The monoisotopic (exact) mass is 251 g/mol. The molecule has 0 saturated heterocycles. The SMILES string of the molecule is CC(C)CNC(=O)CN(C)c1ccnc(NN)c1. The number of rotatable bonds is 6. The van der Waals surface area contributed by atoms with Gasteiger partial charge in [-0.3, -0.25) is 4.79 Å². The lowest BCUT2D eigenvalue weighted by molar-refractivity contribution is -0.119. The Kier molecular flexibility index (Phi) is 5.38. The number of nitrogens with two attached hydrogens (primary N) is 1. The van der Waals surface area contributed by atoms with E-state index in [1.165, 1.54) is 0 Å². The smallest absolute Gasteiger partial charge is 0.239 e. The van der Waals surface area contributed by atoms with E-state index < -0.39 is 0 Å². The lowest BCUT2D eigenvalue weighted by Crippen LogP contribution is -2.36. The van der Waals surface area contributed by atoms with Crippen LogP contribution in [0.1, 0.15) is 13.8 Å². The fraction of sp³-hybridized carbons (Fsp3) is 0.500. The lowest BCUT2D eigenvalue weighted by atomic mass is 10.2. The largest absolute Gasteiger partial charge is 0.365 e. The average Bonchev–Trinajstić information content (AvgIpc) is 2.36. The van der Waals surface area contributed by atoms with Crippen LogP contribution in [0.15, 0.2) is 18.3 Å². The van der Waals surface area contributed by atoms with Crippen molar-refractivity contribution in [2.75, 3.05) is 30.5 Å². The summed E-state index contributed by atoms with van der Waals surface area (Å²) in [6.07, 6.45) is 1.65. The first kappa shape index (κ1) is 14.2. The van der Waals surface area contributed by atoms with Gasteiger partial charge in [0, 0.05) is 31.5 Å². The van der Waals surface area contributed by atoms with Gasteiger partial charge in [0.2, 0.25) is 5.91 Å². The molecule has 0 unspecified atom stereocenters. The molecule has 1 rings (SSSR count). The highest BCUT2D eigenvalue weighted by atomic mass is 16.2. The van der Waals surface area contributed by atoms with Crippen molar-refractivity contribution in [2.24, 2.45) is 11.8 Å². The third-order valence-corrected chi connectivity index (χ3v) is 2.42. The van der Waals surface area contributed by atoms with Gasteiger partial charge < -0.3 is 15.6 Å². The number of carbonyl (C=O) groups is 1. The van der Waals surface area contributed by atoms with Crippen molar-refractivity contribution in [1.82, 2.24) is 10.3 Å². The van der Waals surface area contributed by atoms with Crippen LogP contribution in [0, 0.1) is 5.92 Å². The maximum absolute atomic E-state index is 11.7. The maximum atomic E-state index is 11.7. The predicted molar refractivity (Wildman–Crippen MR) is 73.2 cm³/mol. The first-order valence-corrected chi connectivity index (χ1v) is 5.93. The van der Waals surface area contributed by atoms with Crippen molar-refractivity contribution in [3.8, 4) is 0 Å². The van der Waals surface area contributed by atoms with E-state index in [0.29, 0.717) is 24.8 Å². The van der Waals surface area contributed by atoms with Crippen LogP contribution < -0.4 is 21.5 Å². The number of nitrogens with zero attached hydrogens (tertiary/aromatic N) is 2. The van der Waals surface area contributed by atoms with Crippen molar-refractivity contribution >= 4 is 17.4 Å². The summed E-state index contributed by atoms with van der Waals surface area (Å²) in [5, 5.41) is 2.87. The molecule has 6 heteroatoms. The number of nitrogen functional groups attached to an aromatic ring is 1. The maximum Gasteiger partial charge on any atom is 0.239 e. The van der Waals surface area contributed by atoms with Gasteiger partial charge in [0.1, 0.15) is 5.82 Å². The molecule has 0 atom stereocenters. The highest BCUT2D eigenvalue weighted by Crippen LogP contribution is 2.14. The van der Waals surface area contributed by atoms with E-state index in [2.05, 4.69) is 29.6 Å². The van der Waals surface area contributed by atoms with E-state index in [1.807, 2.05) is 18.0 Å². The van der Waals surface area contributed by atoms with Crippen LogP contribution in [0.4, 0.5) is 11.5 Å². The fourth-order valence-electron chi connectivity index (χ4n) is 1.42. The topological polar surface area (TPSA) is 83.3 Å². The van der Waals surface area contributed by atoms with Crippen LogP contribution in [0.5, 0.6) is 0 Å². The van der Waals surface area contributed by atoms with Crippen LogP contribution in [-0.4, -0.2) is 31.0 Å². The first-order valence-electron chi connectivity index (χ1n) is 5.93. The molecule has 1 aromatic heterocycles. The number of likely N-dealkylation sites (N-methyl/N-ethyl adjacent to an activating group) is 1. The third-order valence-electron chi connectivity index (χ3n) is 2.42. The summed E-state index contributed by atoms with van der Waals surface area (Å²) < 4.78 is 0. The Balaban J connectivity index is 2.53. The second-order valence-electron chi connectivity index (χ2n) is 4.60. The Hall–Kier alpha value is -1.82. The lowest BCUT2D eigenvalue weighted by Gasteiger charge is -2.19. The number of hydrazine groups is 1. The second-order valence-corrected chi connectivity index (χ2v) is 4.60. The summed E-state index contributed by atoms with van der Waals surface area (Å²) in [5.41, 5.74) is 3.36. The summed E-state index contributed by atoms with van der Waals surface area (Å²) in [5.74, 6) is 6.32. The molecule has 0 bridgehead atoms. The van der Waals surface area contributed by atoms with Gasteiger partial charge in [-0.15, -0.1) is 0 Å². The van der Waals surface area contributed by atoms with E-state index in [0.717, 1.165) is 5.69 Å². The van der Waals surface area contributed by atoms with Gasteiger partial charge in [-0.1, -0.05) is 13.8 Å². The van der Waals surface area contributed by atoms with Crippen molar-refractivity contribution in [3.63, 3.8) is 0 Å². The van der Waals surface area contributed by atoms with Crippen LogP contribution >= 0.6 is 0 Å². The van der Waals surface area contributed by atoms with E-state index >= 15 is 0 Å². The zero-order valence-corrected chi connectivity index (χ0v) is 11.1. The van der Waals surface area contributed by atoms with E-state index in [9.17, 15) is 4.79 Å². The molecule has 0 saturated carbocycles. The molecule has 0 aliphatic heterocycles. The summed E-state index contributed by atoms with van der Waals surface area (Å²) in [7, 11) is 1.85. The van der Waals surface area contributed by atoms with Crippen LogP contribution in [0.3, 0.4) is 0 Å². The number of nitrogens with one attached hydrogen (secondary N) is 2. The minimum Gasteiger partial charge on any atom is -0.365 e.